The lowest BCUT2D eigenvalue weighted by molar-refractivity contribution is 0.959. The van der Waals surface area contributed by atoms with Crippen LogP contribution in [0.15, 0.2) is 30.3 Å². The summed E-state index contributed by atoms with van der Waals surface area (Å²) in [6.45, 7) is 12.3. The highest BCUT2D eigenvalue weighted by Crippen LogP contribution is 2.22. The molecule has 0 heterocycles. The minimum Gasteiger partial charge on any atom is -0.0701 e. The van der Waals surface area contributed by atoms with Crippen molar-refractivity contribution in [1.82, 2.24) is 0 Å². The molecule has 0 aliphatic heterocycles. The monoisotopic (exact) mass is 236 g/mol. The molecule has 1 aromatic carbocycles. The molecule has 1 rings (SSSR count). The number of hydrogen-bond acceptors (Lipinski definition) is 0. The van der Waals surface area contributed by atoms with Crippen molar-refractivity contribution in [2.45, 2.75) is 45.3 Å². The molecule has 0 N–H and O–H groups in total. The fraction of sp³-hybridized carbons (Fsp3) is 0.538. The van der Waals surface area contributed by atoms with Gasteiger partial charge in [-0.1, -0.05) is 80.8 Å². The lowest BCUT2D eigenvalue weighted by atomic mass is 10.4. The fourth-order valence-corrected chi connectivity index (χ4v) is 17.0. The van der Waals surface area contributed by atoms with Gasteiger partial charge in [0.05, 0.1) is 8.31 Å². The second kappa shape index (κ2) is 5.66. The van der Waals surface area contributed by atoms with Gasteiger partial charge >= 0.3 is 0 Å². The van der Waals surface area contributed by atoms with Gasteiger partial charge in [0.2, 0.25) is 0 Å². The summed E-state index contributed by atoms with van der Waals surface area (Å²) in [7, 11) is -1.21. The first-order valence-electron chi connectivity index (χ1n) is 6.09. The zero-order chi connectivity index (χ0) is 11.4. The van der Waals surface area contributed by atoms with Crippen molar-refractivity contribution >= 4 is 21.8 Å². The summed E-state index contributed by atoms with van der Waals surface area (Å²) >= 11 is 0. The van der Waals surface area contributed by atoms with E-state index < -0.39 is 16.6 Å². The first kappa shape index (κ1) is 12.7. The summed E-state index contributed by atoms with van der Waals surface area (Å²) in [4.78, 5) is 0. The first-order chi connectivity index (χ1) is 7.04. The summed E-state index contributed by atoms with van der Waals surface area (Å²) in [5.74, 6) is 0. The molecule has 0 saturated heterocycles. The predicted octanol–water partition coefficient (Wildman–Crippen LogP) is 2.88. The SMILES string of the molecule is CC(C)[SiH](C(C)C)[SiH](C)c1ccccc1. The van der Waals surface area contributed by atoms with Crippen molar-refractivity contribution in [1.29, 1.82) is 0 Å². The summed E-state index contributed by atoms with van der Waals surface area (Å²) < 4.78 is 0. The van der Waals surface area contributed by atoms with Gasteiger partial charge in [0.25, 0.3) is 0 Å². The van der Waals surface area contributed by atoms with Crippen LogP contribution in [0.2, 0.25) is 17.6 Å². The molecule has 1 atom stereocenters. The minimum atomic E-state index is -0.652. The first-order valence-corrected chi connectivity index (χ1v) is 11.8. The maximum Gasteiger partial charge on any atom is 0.0589 e. The molecule has 0 spiro atoms. The van der Waals surface area contributed by atoms with Crippen LogP contribution in [0.4, 0.5) is 0 Å². The average molecular weight is 237 g/mol. The van der Waals surface area contributed by atoms with Crippen molar-refractivity contribution in [3.63, 3.8) is 0 Å². The molecule has 15 heavy (non-hydrogen) atoms. The molecule has 0 nitrogen and oxygen atoms in total. The van der Waals surface area contributed by atoms with E-state index in [1.165, 1.54) is 0 Å². The average Bonchev–Trinajstić information content (AvgIpc) is 2.18. The molecule has 0 amide bonds. The Bertz CT molecular complexity index is 272. The topological polar surface area (TPSA) is 0 Å². The normalized spacial score (nSPS) is 13.9. The molecule has 0 bridgehead atoms. The van der Waals surface area contributed by atoms with Crippen molar-refractivity contribution in [3.8, 4) is 0 Å². The number of rotatable bonds is 4. The van der Waals surface area contributed by atoms with Crippen molar-refractivity contribution in [2.24, 2.45) is 0 Å². The van der Waals surface area contributed by atoms with E-state index in [1.807, 2.05) is 0 Å². The van der Waals surface area contributed by atoms with E-state index in [-0.39, 0.29) is 0 Å². The summed E-state index contributed by atoms with van der Waals surface area (Å²) in [6.07, 6.45) is 0. The van der Waals surface area contributed by atoms with Gasteiger partial charge in [-0.05, 0) is 0 Å². The van der Waals surface area contributed by atoms with E-state index in [2.05, 4.69) is 64.6 Å². The third kappa shape index (κ3) is 3.31. The smallest absolute Gasteiger partial charge is 0.0589 e. The van der Waals surface area contributed by atoms with Gasteiger partial charge in [0.15, 0.2) is 0 Å². The largest absolute Gasteiger partial charge is 0.0701 e. The van der Waals surface area contributed by atoms with E-state index in [0.29, 0.717) is 0 Å². The lowest BCUT2D eigenvalue weighted by Gasteiger charge is -2.28. The van der Waals surface area contributed by atoms with E-state index in [0.717, 1.165) is 11.1 Å². The standard InChI is InChI=1S/C13H24Si2/c1-11(2)15(12(3)4)14(5)13-9-7-6-8-10-13/h6-12,14-15H,1-5H3. The highest BCUT2D eigenvalue weighted by atomic mass is 29.2. The molecular weight excluding hydrogens is 212 g/mol. The van der Waals surface area contributed by atoms with Crippen LogP contribution >= 0.6 is 0 Å². The van der Waals surface area contributed by atoms with Crippen molar-refractivity contribution in [3.05, 3.63) is 30.3 Å². The van der Waals surface area contributed by atoms with E-state index >= 15 is 0 Å². The molecule has 1 unspecified atom stereocenters. The Morgan fingerprint density at radius 1 is 0.867 bits per heavy atom. The molecule has 84 valence electrons. The Hall–Kier alpha value is -0.346. The predicted molar refractivity (Wildman–Crippen MR) is 76.4 cm³/mol. The Labute approximate surface area is 97.7 Å². The third-order valence-corrected chi connectivity index (χ3v) is 18.4. The van der Waals surface area contributed by atoms with E-state index in [4.69, 9.17) is 0 Å². The van der Waals surface area contributed by atoms with Crippen molar-refractivity contribution < 1.29 is 0 Å². The molecule has 0 saturated carbocycles. The lowest BCUT2D eigenvalue weighted by Crippen LogP contribution is -2.46. The Balaban J connectivity index is 2.86. The summed E-state index contributed by atoms with van der Waals surface area (Å²) in [6, 6.07) is 11.2. The van der Waals surface area contributed by atoms with Crippen LogP contribution in [0.1, 0.15) is 27.7 Å². The number of hydrogen-bond donors (Lipinski definition) is 0. The quantitative estimate of drug-likeness (QED) is 0.705. The molecule has 0 aromatic heterocycles. The summed E-state index contributed by atoms with van der Waals surface area (Å²) in [5, 5.41) is 1.68. The van der Waals surface area contributed by atoms with Crippen LogP contribution in [0.25, 0.3) is 0 Å². The van der Waals surface area contributed by atoms with Crippen LogP contribution in [0, 0.1) is 0 Å². The van der Waals surface area contributed by atoms with Crippen LogP contribution in [0.5, 0.6) is 0 Å². The van der Waals surface area contributed by atoms with Gasteiger partial charge in [-0.15, -0.1) is 0 Å². The van der Waals surface area contributed by atoms with Gasteiger partial charge in [-0.3, -0.25) is 0 Å². The molecule has 0 aliphatic carbocycles. The molecule has 0 fully saturated rings. The minimum absolute atomic E-state index is 0.562. The fourth-order valence-electron chi connectivity index (χ4n) is 2.90. The van der Waals surface area contributed by atoms with Crippen LogP contribution in [0.3, 0.4) is 0 Å². The molecule has 0 aliphatic rings. The van der Waals surface area contributed by atoms with E-state index in [9.17, 15) is 0 Å². The van der Waals surface area contributed by atoms with E-state index in [1.54, 1.807) is 5.19 Å². The Kier molecular flexibility index (Phi) is 4.80. The van der Waals surface area contributed by atoms with Gasteiger partial charge in [0, 0.05) is 8.31 Å². The Morgan fingerprint density at radius 2 is 1.33 bits per heavy atom. The summed E-state index contributed by atoms with van der Waals surface area (Å²) in [5.41, 5.74) is 1.90. The molecular formula is C13H24Si2. The second-order valence-electron chi connectivity index (χ2n) is 5.26. The van der Waals surface area contributed by atoms with Crippen LogP contribution in [-0.4, -0.2) is 16.6 Å². The molecule has 2 heteroatoms. The Morgan fingerprint density at radius 3 is 1.73 bits per heavy atom. The van der Waals surface area contributed by atoms with Crippen molar-refractivity contribution in [2.75, 3.05) is 0 Å². The van der Waals surface area contributed by atoms with Crippen LogP contribution < -0.4 is 5.19 Å². The molecule has 1 aromatic rings. The van der Waals surface area contributed by atoms with Crippen LogP contribution in [-0.2, 0) is 0 Å². The second-order valence-corrected chi connectivity index (χ2v) is 16.6. The molecule has 0 radical (unpaired) electrons. The maximum absolute atomic E-state index is 2.56. The van der Waals surface area contributed by atoms with Gasteiger partial charge in [-0.25, -0.2) is 0 Å². The number of benzene rings is 1. The third-order valence-electron chi connectivity index (χ3n) is 3.44. The maximum atomic E-state index is 2.56. The zero-order valence-corrected chi connectivity index (χ0v) is 13.0. The van der Waals surface area contributed by atoms with Gasteiger partial charge in [0.1, 0.15) is 0 Å². The van der Waals surface area contributed by atoms with Gasteiger partial charge < -0.3 is 0 Å². The van der Waals surface area contributed by atoms with Gasteiger partial charge in [-0.2, -0.15) is 0 Å². The highest BCUT2D eigenvalue weighted by Gasteiger charge is 2.27. The zero-order valence-electron chi connectivity index (χ0n) is 10.7. The highest BCUT2D eigenvalue weighted by molar-refractivity contribution is 7.28.